The van der Waals surface area contributed by atoms with Crippen molar-refractivity contribution in [2.45, 2.75) is 11.3 Å². The number of halogens is 1. The molecule has 0 spiro atoms. The van der Waals surface area contributed by atoms with Gasteiger partial charge >= 0.3 is 10.1 Å². The third-order valence-corrected chi connectivity index (χ3v) is 4.79. The van der Waals surface area contributed by atoms with Crippen molar-refractivity contribution < 1.29 is 22.1 Å². The van der Waals surface area contributed by atoms with Crippen LogP contribution in [-0.2, 0) is 10.1 Å². The monoisotopic (exact) mass is 365 g/mol. The van der Waals surface area contributed by atoms with E-state index >= 15 is 0 Å². The van der Waals surface area contributed by atoms with E-state index in [2.05, 4.69) is 0 Å². The van der Waals surface area contributed by atoms with Gasteiger partial charge in [0, 0.05) is 12.5 Å². The molecule has 0 fully saturated rings. The molecule has 0 saturated carbocycles. The molecule has 1 aliphatic heterocycles. The molecule has 1 heterocycles. The van der Waals surface area contributed by atoms with Gasteiger partial charge in [-0.25, -0.2) is 0 Å². The van der Waals surface area contributed by atoms with Crippen molar-refractivity contribution in [2.24, 2.45) is 0 Å². The summed E-state index contributed by atoms with van der Waals surface area (Å²) in [7, 11) is -4.10. The van der Waals surface area contributed by atoms with Crippen LogP contribution in [-0.4, -0.2) is 21.6 Å². The van der Waals surface area contributed by atoms with E-state index in [0.29, 0.717) is 36.7 Å². The Balaban J connectivity index is 1.91. The molecule has 1 aliphatic rings. The summed E-state index contributed by atoms with van der Waals surface area (Å²) in [5.41, 5.74) is 0.306. The number of hydrogen-bond donors (Lipinski definition) is 0. The second kappa shape index (κ2) is 6.59. The van der Waals surface area contributed by atoms with Gasteiger partial charge in [0.1, 0.15) is 4.90 Å². The first kappa shape index (κ1) is 16.4. The Morgan fingerprint density at radius 1 is 1.08 bits per heavy atom. The van der Waals surface area contributed by atoms with E-state index in [1.807, 2.05) is 6.07 Å². The SMILES string of the molecule is N#Cc1ccc(OS(=O)(=O)c2ccc3c(c2)OCCCO3)c(Cl)c1. The Bertz CT molecular complexity index is 921. The topological polar surface area (TPSA) is 85.6 Å². The molecule has 0 atom stereocenters. The summed E-state index contributed by atoms with van der Waals surface area (Å²) in [5, 5.41) is 8.84. The zero-order chi connectivity index (χ0) is 17.2. The van der Waals surface area contributed by atoms with Gasteiger partial charge < -0.3 is 13.7 Å². The molecule has 6 nitrogen and oxygen atoms in total. The standard InChI is InChI=1S/C16H12ClNO5S/c17-13-8-11(10-18)2-4-14(13)23-24(19,20)12-3-5-15-16(9-12)22-7-1-6-21-15/h2-5,8-9H,1,6-7H2. The van der Waals surface area contributed by atoms with Crippen molar-refractivity contribution in [3.63, 3.8) is 0 Å². The Hall–Kier alpha value is -2.43. The van der Waals surface area contributed by atoms with Crippen molar-refractivity contribution in [1.82, 2.24) is 0 Å². The lowest BCUT2D eigenvalue weighted by Gasteiger charge is -2.11. The van der Waals surface area contributed by atoms with Crippen LogP contribution in [0.1, 0.15) is 12.0 Å². The van der Waals surface area contributed by atoms with E-state index in [9.17, 15) is 8.42 Å². The average Bonchev–Trinajstić information content (AvgIpc) is 2.81. The van der Waals surface area contributed by atoms with Crippen LogP contribution in [0.2, 0.25) is 5.02 Å². The number of nitrogens with zero attached hydrogens (tertiary/aromatic N) is 1. The molecular weight excluding hydrogens is 354 g/mol. The Labute approximate surface area is 144 Å². The van der Waals surface area contributed by atoms with Crippen molar-refractivity contribution in [2.75, 3.05) is 13.2 Å². The smallest absolute Gasteiger partial charge is 0.339 e. The highest BCUT2D eigenvalue weighted by Gasteiger charge is 2.22. The highest BCUT2D eigenvalue weighted by molar-refractivity contribution is 7.87. The largest absolute Gasteiger partial charge is 0.490 e. The lowest BCUT2D eigenvalue weighted by atomic mass is 10.2. The van der Waals surface area contributed by atoms with Crippen LogP contribution in [0.3, 0.4) is 0 Å². The summed E-state index contributed by atoms with van der Waals surface area (Å²) in [6, 6.07) is 10.3. The van der Waals surface area contributed by atoms with Crippen LogP contribution in [0.4, 0.5) is 0 Å². The van der Waals surface area contributed by atoms with Gasteiger partial charge in [0.2, 0.25) is 0 Å². The summed E-state index contributed by atoms with van der Waals surface area (Å²) in [5.74, 6) is 0.786. The molecule has 0 radical (unpaired) electrons. The fourth-order valence-electron chi connectivity index (χ4n) is 2.10. The molecule has 124 valence electrons. The summed E-state index contributed by atoms with van der Waals surface area (Å²) >= 11 is 5.95. The molecule has 0 aliphatic carbocycles. The number of benzene rings is 2. The zero-order valence-electron chi connectivity index (χ0n) is 12.4. The number of ether oxygens (including phenoxy) is 2. The van der Waals surface area contributed by atoms with E-state index in [4.69, 9.17) is 30.5 Å². The Morgan fingerprint density at radius 3 is 2.54 bits per heavy atom. The second-order valence-corrected chi connectivity index (χ2v) is 6.91. The van der Waals surface area contributed by atoms with Crippen LogP contribution in [0.5, 0.6) is 17.2 Å². The zero-order valence-corrected chi connectivity index (χ0v) is 13.9. The summed E-state index contributed by atoms with van der Waals surface area (Å²) in [6.45, 7) is 0.954. The summed E-state index contributed by atoms with van der Waals surface area (Å²) < 4.78 is 40.9. The highest BCUT2D eigenvalue weighted by atomic mass is 35.5. The maximum Gasteiger partial charge on any atom is 0.339 e. The third-order valence-electron chi connectivity index (χ3n) is 3.27. The lowest BCUT2D eigenvalue weighted by Crippen LogP contribution is -2.10. The van der Waals surface area contributed by atoms with Crippen molar-refractivity contribution >= 4 is 21.7 Å². The van der Waals surface area contributed by atoms with Crippen LogP contribution >= 0.6 is 11.6 Å². The predicted octanol–water partition coefficient (Wildman–Crippen LogP) is 3.14. The van der Waals surface area contributed by atoms with Gasteiger partial charge in [0.25, 0.3) is 0 Å². The van der Waals surface area contributed by atoms with Crippen LogP contribution < -0.4 is 13.7 Å². The second-order valence-electron chi connectivity index (χ2n) is 4.95. The van der Waals surface area contributed by atoms with Crippen molar-refractivity contribution in [1.29, 1.82) is 5.26 Å². The van der Waals surface area contributed by atoms with E-state index < -0.39 is 10.1 Å². The molecule has 0 amide bonds. The minimum absolute atomic E-state index is 0.0342. The van der Waals surface area contributed by atoms with Gasteiger partial charge in [-0.1, -0.05) is 11.6 Å². The van der Waals surface area contributed by atoms with E-state index in [0.717, 1.165) is 0 Å². The molecule has 2 aromatic rings. The Kier molecular flexibility index (Phi) is 4.51. The molecule has 0 bridgehead atoms. The van der Waals surface area contributed by atoms with Crippen molar-refractivity contribution in [3.05, 3.63) is 47.0 Å². The lowest BCUT2D eigenvalue weighted by molar-refractivity contribution is 0.296. The number of nitriles is 1. The minimum Gasteiger partial charge on any atom is -0.490 e. The van der Waals surface area contributed by atoms with Gasteiger partial charge in [-0.15, -0.1) is 0 Å². The molecule has 24 heavy (non-hydrogen) atoms. The van der Waals surface area contributed by atoms with E-state index in [-0.39, 0.29) is 15.7 Å². The molecule has 8 heteroatoms. The average molecular weight is 366 g/mol. The van der Waals surface area contributed by atoms with E-state index in [1.54, 1.807) is 0 Å². The first-order valence-electron chi connectivity index (χ1n) is 7.03. The first-order chi connectivity index (χ1) is 11.5. The van der Waals surface area contributed by atoms with Gasteiger partial charge in [-0.3, -0.25) is 0 Å². The number of fused-ring (bicyclic) bond motifs is 1. The van der Waals surface area contributed by atoms with Gasteiger partial charge in [0.15, 0.2) is 17.2 Å². The summed E-state index contributed by atoms with van der Waals surface area (Å²) in [4.78, 5) is -0.0767. The molecule has 2 aromatic carbocycles. The maximum atomic E-state index is 12.4. The Morgan fingerprint density at radius 2 is 1.83 bits per heavy atom. The van der Waals surface area contributed by atoms with Crippen LogP contribution in [0, 0.1) is 11.3 Å². The first-order valence-corrected chi connectivity index (χ1v) is 8.82. The molecule has 0 unspecified atom stereocenters. The van der Waals surface area contributed by atoms with Gasteiger partial charge in [0.05, 0.1) is 29.9 Å². The number of hydrogen-bond acceptors (Lipinski definition) is 6. The maximum absolute atomic E-state index is 12.4. The number of rotatable bonds is 3. The minimum atomic E-state index is -4.10. The van der Waals surface area contributed by atoms with Crippen molar-refractivity contribution in [3.8, 4) is 23.3 Å². The van der Waals surface area contributed by atoms with Gasteiger partial charge in [-0.05, 0) is 30.3 Å². The van der Waals surface area contributed by atoms with Gasteiger partial charge in [-0.2, -0.15) is 13.7 Å². The third kappa shape index (κ3) is 3.40. The molecule has 3 rings (SSSR count). The predicted molar refractivity (Wildman–Crippen MR) is 86.0 cm³/mol. The quantitative estimate of drug-likeness (QED) is 0.777. The molecule has 0 saturated heterocycles. The molecule has 0 aromatic heterocycles. The fourth-order valence-corrected chi connectivity index (χ4v) is 3.33. The van der Waals surface area contributed by atoms with E-state index in [1.165, 1.54) is 36.4 Å². The normalized spacial score (nSPS) is 13.7. The highest BCUT2D eigenvalue weighted by Crippen LogP contribution is 2.34. The molecular formula is C16H12ClNO5S. The van der Waals surface area contributed by atoms with Crippen LogP contribution in [0.25, 0.3) is 0 Å². The van der Waals surface area contributed by atoms with Crippen LogP contribution in [0.15, 0.2) is 41.3 Å². The fraction of sp³-hybridized carbons (Fsp3) is 0.188. The summed E-state index contributed by atoms with van der Waals surface area (Å²) in [6.07, 6.45) is 0.716. The molecule has 0 N–H and O–H groups in total.